The molecule has 0 heterocycles. The molecule has 0 saturated carbocycles. The van der Waals surface area contributed by atoms with Crippen molar-refractivity contribution in [2.45, 2.75) is 151 Å². The Morgan fingerprint density at radius 2 is 1.06 bits per heavy atom. The second-order valence-corrected chi connectivity index (χ2v) is 20.0. The van der Waals surface area contributed by atoms with Gasteiger partial charge < -0.3 is 18.9 Å². The number of carbonyl (C=O) groups excluding carboxylic acids is 1. The van der Waals surface area contributed by atoms with Crippen LogP contribution >= 0.6 is 8.60 Å². The summed E-state index contributed by atoms with van der Waals surface area (Å²) < 4.78 is 25.2. The van der Waals surface area contributed by atoms with Gasteiger partial charge >= 0.3 is 14.6 Å². The van der Waals surface area contributed by atoms with Crippen molar-refractivity contribution in [2.75, 3.05) is 13.2 Å². The molecule has 3 rings (SSSR count). The van der Waals surface area contributed by atoms with Gasteiger partial charge in [-0.2, -0.15) is 0 Å². The molecule has 0 saturated heterocycles. The summed E-state index contributed by atoms with van der Waals surface area (Å²) >= 11 is 0. The molecule has 282 valence electrons. The van der Waals surface area contributed by atoms with Crippen LogP contribution in [0.5, 0.6) is 17.2 Å². The van der Waals surface area contributed by atoms with Gasteiger partial charge in [-0.25, -0.2) is 0 Å². The van der Waals surface area contributed by atoms with E-state index in [9.17, 15) is 9.90 Å². The van der Waals surface area contributed by atoms with Crippen LogP contribution in [-0.2, 0) is 47.6 Å². The number of hydrogen-bond acceptors (Lipinski definition) is 6. The summed E-state index contributed by atoms with van der Waals surface area (Å²) in [4.78, 5) is 12.8. The molecule has 6 nitrogen and oxygen atoms in total. The Morgan fingerprint density at radius 3 is 1.47 bits per heavy atom. The molecule has 0 unspecified atom stereocenters. The van der Waals surface area contributed by atoms with Crippen LogP contribution in [0.4, 0.5) is 0 Å². The third-order valence-corrected chi connectivity index (χ3v) is 10.1. The largest absolute Gasteiger partial charge is 0.507 e. The first-order valence-corrected chi connectivity index (χ1v) is 19.3. The van der Waals surface area contributed by atoms with Gasteiger partial charge in [0, 0.05) is 17.5 Å². The van der Waals surface area contributed by atoms with Gasteiger partial charge in [0.15, 0.2) is 0 Å². The number of esters is 1. The van der Waals surface area contributed by atoms with Crippen LogP contribution in [-0.4, -0.2) is 24.3 Å². The lowest BCUT2D eigenvalue weighted by Gasteiger charge is -2.30. The topological polar surface area (TPSA) is 74.2 Å². The van der Waals surface area contributed by atoms with Gasteiger partial charge in [-0.15, -0.1) is 0 Å². The van der Waals surface area contributed by atoms with Crippen molar-refractivity contribution < 1.29 is 28.2 Å². The molecule has 7 heteroatoms. The number of aryl methyl sites for hydroxylation is 2. The molecule has 1 N–H and O–H groups in total. The number of carbonyl (C=O) groups is 1. The lowest BCUT2D eigenvalue weighted by molar-refractivity contribution is -0.144. The Bertz CT molecular complexity index is 1580. The second-order valence-electron chi connectivity index (χ2n) is 18.9. The van der Waals surface area contributed by atoms with Crippen LogP contribution in [0.2, 0.25) is 0 Å². The number of phenols is 1. The minimum atomic E-state index is -1.93. The molecule has 0 atom stereocenters. The van der Waals surface area contributed by atoms with E-state index in [0.717, 1.165) is 27.8 Å². The lowest BCUT2D eigenvalue weighted by Crippen LogP contribution is -2.19. The fourth-order valence-corrected chi connectivity index (χ4v) is 6.72. The molecule has 0 aliphatic heterocycles. The van der Waals surface area contributed by atoms with E-state index >= 15 is 0 Å². The molecule has 0 fully saturated rings. The van der Waals surface area contributed by atoms with Crippen LogP contribution in [0.15, 0.2) is 48.5 Å². The van der Waals surface area contributed by atoms with Crippen LogP contribution < -0.4 is 9.05 Å². The predicted molar refractivity (Wildman–Crippen MR) is 213 cm³/mol. The maximum atomic E-state index is 12.8. The number of rotatable bonds is 11. The number of phenolic OH excluding ortho intramolecular Hbond substituents is 1. The minimum absolute atomic E-state index is 0.0213. The summed E-state index contributed by atoms with van der Waals surface area (Å²) in [6.45, 7) is 34.6. The van der Waals surface area contributed by atoms with Gasteiger partial charge in [-0.3, -0.25) is 9.32 Å². The smallest absolute Gasteiger partial charge is 0.463 e. The maximum Gasteiger partial charge on any atom is 0.463 e. The average Bonchev–Trinajstić information content (AvgIpc) is 2.97. The first-order valence-electron chi connectivity index (χ1n) is 18.3. The van der Waals surface area contributed by atoms with Crippen LogP contribution in [0, 0.1) is 6.92 Å². The Labute approximate surface area is 310 Å². The Balaban J connectivity index is 1.83. The predicted octanol–water partition coefficient (Wildman–Crippen LogP) is 12.1. The van der Waals surface area contributed by atoms with E-state index in [2.05, 4.69) is 128 Å². The standard InChI is InChI=1S/C44H65O6P/c1-29-25-30(26-35(39(29)46)44(14,15)16)17-22-38(45)47-23-24-48-51(49-36-20-18-31(40(2,3)4)27-33(36)42(8,9)10)50-37-21-19-32(41(5,6)7)28-34(37)43(11,12)13/h18-21,25-28,46H,17,22-24H2,1-16H3. The number of benzene rings is 3. The van der Waals surface area contributed by atoms with Crippen molar-refractivity contribution in [3.8, 4) is 17.2 Å². The van der Waals surface area contributed by atoms with Crippen LogP contribution in [0.25, 0.3) is 0 Å². The van der Waals surface area contributed by atoms with Crippen molar-refractivity contribution in [2.24, 2.45) is 0 Å². The summed E-state index contributed by atoms with van der Waals surface area (Å²) in [5.41, 5.74) is 6.62. The molecule has 0 aliphatic rings. The molecular weight excluding hydrogens is 655 g/mol. The molecule has 0 bridgehead atoms. The summed E-state index contributed by atoms with van der Waals surface area (Å²) in [5.74, 6) is 1.42. The van der Waals surface area contributed by atoms with Crippen molar-refractivity contribution in [3.63, 3.8) is 0 Å². The summed E-state index contributed by atoms with van der Waals surface area (Å²) in [6, 6.07) is 16.6. The molecule has 3 aromatic carbocycles. The lowest BCUT2D eigenvalue weighted by atomic mass is 9.80. The molecule has 3 aromatic rings. The van der Waals surface area contributed by atoms with E-state index < -0.39 is 8.60 Å². The Kier molecular flexibility index (Phi) is 13.2. The number of ether oxygens (including phenoxy) is 1. The van der Waals surface area contributed by atoms with Gasteiger partial charge in [-0.05, 0) is 80.4 Å². The summed E-state index contributed by atoms with van der Waals surface area (Å²) in [6.07, 6.45) is 0.739. The second kappa shape index (κ2) is 15.9. The molecule has 0 radical (unpaired) electrons. The third kappa shape index (κ3) is 12.0. The SMILES string of the molecule is Cc1cc(CCC(=O)OCCOP(Oc2ccc(C(C)(C)C)cc2C(C)(C)C)Oc2ccc(C(C)(C)C)cc2C(C)(C)C)cc(C(C)(C)C)c1O. The highest BCUT2D eigenvalue weighted by molar-refractivity contribution is 7.42. The Morgan fingerprint density at radius 1 is 0.608 bits per heavy atom. The quantitative estimate of drug-likeness (QED) is 0.121. The molecule has 0 aromatic heterocycles. The summed E-state index contributed by atoms with van der Waals surface area (Å²) in [7, 11) is -1.93. The highest BCUT2D eigenvalue weighted by Gasteiger charge is 2.30. The van der Waals surface area contributed by atoms with Crippen LogP contribution in [0.1, 0.15) is 149 Å². The van der Waals surface area contributed by atoms with E-state index in [-0.39, 0.29) is 52.7 Å². The summed E-state index contributed by atoms with van der Waals surface area (Å²) in [5, 5.41) is 10.6. The highest BCUT2D eigenvalue weighted by Crippen LogP contribution is 2.48. The van der Waals surface area contributed by atoms with Crippen LogP contribution in [0.3, 0.4) is 0 Å². The maximum absolute atomic E-state index is 12.8. The first-order chi connectivity index (χ1) is 23.2. The highest BCUT2D eigenvalue weighted by atomic mass is 31.2. The van der Waals surface area contributed by atoms with Crippen molar-refractivity contribution in [1.29, 1.82) is 0 Å². The monoisotopic (exact) mass is 720 g/mol. The van der Waals surface area contributed by atoms with E-state index in [4.69, 9.17) is 18.3 Å². The van der Waals surface area contributed by atoms with Gasteiger partial charge in [0.2, 0.25) is 0 Å². The van der Waals surface area contributed by atoms with E-state index in [0.29, 0.717) is 23.7 Å². The first kappa shape index (κ1) is 42.3. The van der Waals surface area contributed by atoms with Gasteiger partial charge in [0.05, 0.1) is 6.61 Å². The normalized spacial score (nSPS) is 13.0. The van der Waals surface area contributed by atoms with E-state index in [1.165, 1.54) is 11.1 Å². The minimum Gasteiger partial charge on any atom is -0.507 e. The van der Waals surface area contributed by atoms with Crippen molar-refractivity contribution in [1.82, 2.24) is 0 Å². The molecule has 0 aliphatic carbocycles. The zero-order valence-corrected chi connectivity index (χ0v) is 35.3. The molecule has 0 spiro atoms. The Hall–Kier alpha value is -3.08. The van der Waals surface area contributed by atoms with Gasteiger partial charge in [0.1, 0.15) is 23.9 Å². The van der Waals surface area contributed by atoms with Crippen molar-refractivity contribution >= 4 is 14.6 Å². The fraction of sp³-hybridized carbons (Fsp3) is 0.568. The van der Waals surface area contributed by atoms with Crippen molar-refractivity contribution in [3.05, 3.63) is 87.5 Å². The van der Waals surface area contributed by atoms with E-state index in [1.54, 1.807) is 0 Å². The van der Waals surface area contributed by atoms with Gasteiger partial charge in [0.25, 0.3) is 0 Å². The zero-order valence-electron chi connectivity index (χ0n) is 34.4. The average molecular weight is 721 g/mol. The zero-order chi connectivity index (χ0) is 38.7. The third-order valence-electron chi connectivity index (χ3n) is 8.98. The molecule has 0 amide bonds. The van der Waals surface area contributed by atoms with E-state index in [1.807, 2.05) is 31.2 Å². The number of hydrogen-bond donors (Lipinski definition) is 1. The van der Waals surface area contributed by atoms with Gasteiger partial charge in [-0.1, -0.05) is 140 Å². The number of aromatic hydroxyl groups is 1. The fourth-order valence-electron chi connectivity index (χ4n) is 5.71. The molecule has 51 heavy (non-hydrogen) atoms. The molecular formula is C44H65O6P.